The summed E-state index contributed by atoms with van der Waals surface area (Å²) in [4.78, 5) is 28.8. The molecule has 45 heavy (non-hydrogen) atoms. The lowest BCUT2D eigenvalue weighted by Crippen LogP contribution is -2.53. The highest BCUT2D eigenvalue weighted by Crippen LogP contribution is 2.38. The maximum atomic E-state index is 14.2. The Morgan fingerprint density at radius 3 is 2.33 bits per heavy atom. The smallest absolute Gasteiger partial charge is 0.417 e. The third kappa shape index (κ3) is 8.29. The summed E-state index contributed by atoms with van der Waals surface area (Å²) in [5, 5.41) is 2.39. The van der Waals surface area contributed by atoms with E-state index in [0.717, 1.165) is 37.8 Å². The molecule has 4 rings (SSSR count). The minimum Gasteiger partial charge on any atom is -0.497 e. The molecule has 0 aromatic heterocycles. The van der Waals surface area contributed by atoms with Gasteiger partial charge < -0.3 is 15.0 Å². The second-order valence-electron chi connectivity index (χ2n) is 10.8. The number of carbonyl (C=O) groups is 2. The molecule has 3 aromatic carbocycles. The highest BCUT2D eigenvalue weighted by molar-refractivity contribution is 7.92. The Balaban J connectivity index is 1.78. The van der Waals surface area contributed by atoms with Crippen LogP contribution in [-0.2, 0) is 32.3 Å². The SMILES string of the molecule is CCC(C(=O)NC1CCCC1)N(Cc1cccc(OC)c1)C(=O)CN(c1ccc(Cl)c(C(F)(F)F)c1)S(=O)(=O)c1ccccc1. The first-order chi connectivity index (χ1) is 21.3. The van der Waals surface area contributed by atoms with Gasteiger partial charge in [-0.05, 0) is 67.3 Å². The number of methoxy groups -OCH3 is 1. The van der Waals surface area contributed by atoms with E-state index in [0.29, 0.717) is 21.7 Å². The summed E-state index contributed by atoms with van der Waals surface area (Å²) in [6.45, 7) is 0.769. The molecular formula is C32H35ClF3N3O5S. The van der Waals surface area contributed by atoms with Crippen molar-refractivity contribution < 1.29 is 35.9 Å². The fourth-order valence-electron chi connectivity index (χ4n) is 5.39. The van der Waals surface area contributed by atoms with Crippen LogP contribution in [0.15, 0.2) is 77.7 Å². The Bertz CT molecular complexity index is 1600. The quantitative estimate of drug-likeness (QED) is 0.241. The van der Waals surface area contributed by atoms with Crippen molar-refractivity contribution in [2.45, 2.75) is 68.7 Å². The molecule has 2 amide bonds. The van der Waals surface area contributed by atoms with Gasteiger partial charge >= 0.3 is 6.18 Å². The topological polar surface area (TPSA) is 96.0 Å². The van der Waals surface area contributed by atoms with Crippen LogP contribution in [0.4, 0.5) is 18.9 Å². The molecule has 242 valence electrons. The van der Waals surface area contributed by atoms with E-state index in [1.165, 1.54) is 36.3 Å². The molecular weight excluding hydrogens is 631 g/mol. The van der Waals surface area contributed by atoms with Gasteiger partial charge in [0, 0.05) is 12.6 Å². The fourth-order valence-corrected chi connectivity index (χ4v) is 7.04. The van der Waals surface area contributed by atoms with E-state index < -0.39 is 51.0 Å². The van der Waals surface area contributed by atoms with Gasteiger partial charge in [-0.15, -0.1) is 0 Å². The van der Waals surface area contributed by atoms with Crippen molar-refractivity contribution in [1.29, 1.82) is 0 Å². The number of sulfonamides is 1. The Morgan fingerprint density at radius 1 is 1.02 bits per heavy atom. The summed E-state index contributed by atoms with van der Waals surface area (Å²) in [5.41, 5.74) is -1.05. The molecule has 13 heteroatoms. The molecule has 1 aliphatic carbocycles. The van der Waals surface area contributed by atoms with Gasteiger partial charge in [-0.2, -0.15) is 13.2 Å². The van der Waals surface area contributed by atoms with Gasteiger partial charge in [-0.1, -0.05) is 61.7 Å². The van der Waals surface area contributed by atoms with Crippen LogP contribution in [-0.4, -0.2) is 50.9 Å². The molecule has 1 atom stereocenters. The van der Waals surface area contributed by atoms with E-state index >= 15 is 0 Å². The first kappa shape index (κ1) is 34.1. The second-order valence-corrected chi connectivity index (χ2v) is 13.0. The molecule has 0 bridgehead atoms. The zero-order valence-corrected chi connectivity index (χ0v) is 26.5. The van der Waals surface area contributed by atoms with Crippen LogP contribution in [0.25, 0.3) is 0 Å². The summed E-state index contributed by atoms with van der Waals surface area (Å²) in [7, 11) is -3.07. The number of hydrogen-bond donors (Lipinski definition) is 1. The molecule has 1 saturated carbocycles. The van der Waals surface area contributed by atoms with Crippen LogP contribution in [0.5, 0.6) is 5.75 Å². The van der Waals surface area contributed by atoms with Crippen LogP contribution < -0.4 is 14.4 Å². The average molecular weight is 666 g/mol. The van der Waals surface area contributed by atoms with Crippen LogP contribution in [0.3, 0.4) is 0 Å². The van der Waals surface area contributed by atoms with Crippen LogP contribution in [0.2, 0.25) is 5.02 Å². The molecule has 0 aliphatic heterocycles. The van der Waals surface area contributed by atoms with Crippen molar-refractivity contribution in [2.75, 3.05) is 18.0 Å². The van der Waals surface area contributed by atoms with Crippen molar-refractivity contribution >= 4 is 39.1 Å². The normalized spacial score (nSPS) is 14.5. The van der Waals surface area contributed by atoms with Crippen molar-refractivity contribution in [3.63, 3.8) is 0 Å². The minimum atomic E-state index is -4.89. The number of rotatable bonds is 12. The van der Waals surface area contributed by atoms with Crippen molar-refractivity contribution in [2.24, 2.45) is 0 Å². The predicted molar refractivity (Wildman–Crippen MR) is 165 cm³/mol. The molecule has 8 nitrogen and oxygen atoms in total. The van der Waals surface area contributed by atoms with E-state index in [4.69, 9.17) is 16.3 Å². The molecule has 0 heterocycles. The summed E-state index contributed by atoms with van der Waals surface area (Å²) in [5.74, 6) is -0.657. The highest BCUT2D eigenvalue weighted by atomic mass is 35.5. The van der Waals surface area contributed by atoms with Crippen LogP contribution >= 0.6 is 11.6 Å². The molecule has 1 N–H and O–H groups in total. The van der Waals surface area contributed by atoms with Crippen LogP contribution in [0, 0.1) is 0 Å². The number of nitrogens with zero attached hydrogens (tertiary/aromatic N) is 2. The van der Waals surface area contributed by atoms with Gasteiger partial charge in [-0.3, -0.25) is 13.9 Å². The van der Waals surface area contributed by atoms with Crippen molar-refractivity contribution in [3.05, 3.63) is 88.9 Å². The monoisotopic (exact) mass is 665 g/mol. The highest BCUT2D eigenvalue weighted by Gasteiger charge is 2.37. The first-order valence-electron chi connectivity index (χ1n) is 14.5. The Kier molecular flexibility index (Phi) is 11.0. The summed E-state index contributed by atoms with van der Waals surface area (Å²) in [6, 6.07) is 15.6. The van der Waals surface area contributed by atoms with E-state index in [1.807, 2.05) is 0 Å². The van der Waals surface area contributed by atoms with E-state index in [-0.39, 0.29) is 29.8 Å². The number of ether oxygens (including phenoxy) is 1. The number of anilines is 1. The third-order valence-corrected chi connectivity index (χ3v) is 9.85. The van der Waals surface area contributed by atoms with E-state index in [9.17, 15) is 31.2 Å². The Hall–Kier alpha value is -3.77. The number of halogens is 4. The summed E-state index contributed by atoms with van der Waals surface area (Å²) in [6.07, 6.45) is -1.11. The molecule has 0 radical (unpaired) electrons. The largest absolute Gasteiger partial charge is 0.497 e. The van der Waals surface area contributed by atoms with Gasteiger partial charge in [0.2, 0.25) is 11.8 Å². The maximum Gasteiger partial charge on any atom is 0.417 e. The van der Waals surface area contributed by atoms with Crippen molar-refractivity contribution in [3.8, 4) is 5.75 Å². The Labute approximate surface area is 266 Å². The molecule has 1 unspecified atom stereocenters. The van der Waals surface area contributed by atoms with Gasteiger partial charge in [0.1, 0.15) is 18.3 Å². The standard InChI is InChI=1S/C32H35ClF3N3O5S/c1-3-29(31(41)37-23-11-7-8-12-23)38(20-22-10-9-13-25(18-22)44-2)30(40)21-39(45(42,43)26-14-5-4-6-15-26)24-16-17-28(33)27(19-24)32(34,35)36/h4-6,9-10,13-19,23,29H,3,7-8,11-12,20-21H2,1-2H3,(H,37,41). The molecule has 1 aliphatic rings. The lowest BCUT2D eigenvalue weighted by molar-refractivity contribution is -0.140. The predicted octanol–water partition coefficient (Wildman–Crippen LogP) is 6.43. The minimum absolute atomic E-state index is 0.0369. The van der Waals surface area contributed by atoms with Gasteiger partial charge in [0.25, 0.3) is 10.0 Å². The second kappa shape index (κ2) is 14.6. The Morgan fingerprint density at radius 2 is 1.71 bits per heavy atom. The zero-order valence-electron chi connectivity index (χ0n) is 24.9. The number of carbonyl (C=O) groups excluding carboxylic acids is 2. The first-order valence-corrected chi connectivity index (χ1v) is 16.3. The average Bonchev–Trinajstić information content (AvgIpc) is 3.53. The summed E-state index contributed by atoms with van der Waals surface area (Å²) >= 11 is 5.84. The molecule has 0 saturated heterocycles. The number of hydrogen-bond acceptors (Lipinski definition) is 5. The lowest BCUT2D eigenvalue weighted by atomic mass is 10.1. The van der Waals surface area contributed by atoms with E-state index in [1.54, 1.807) is 37.3 Å². The van der Waals surface area contributed by atoms with Gasteiger partial charge in [0.15, 0.2) is 0 Å². The number of benzene rings is 3. The van der Waals surface area contributed by atoms with Gasteiger partial charge in [0.05, 0.1) is 28.3 Å². The van der Waals surface area contributed by atoms with Crippen molar-refractivity contribution in [1.82, 2.24) is 10.2 Å². The van der Waals surface area contributed by atoms with Crippen LogP contribution in [0.1, 0.15) is 50.2 Å². The fraction of sp³-hybridized carbons (Fsp3) is 0.375. The number of alkyl halides is 3. The van der Waals surface area contributed by atoms with E-state index in [2.05, 4.69) is 5.32 Å². The zero-order chi connectivity index (χ0) is 32.8. The maximum absolute atomic E-state index is 14.2. The molecule has 0 spiro atoms. The number of amides is 2. The lowest BCUT2D eigenvalue weighted by Gasteiger charge is -2.34. The summed E-state index contributed by atoms with van der Waals surface area (Å²) < 4.78 is 75.3. The molecule has 1 fully saturated rings. The third-order valence-electron chi connectivity index (χ3n) is 7.73. The number of nitrogens with one attached hydrogen (secondary N) is 1. The molecule has 3 aromatic rings. The van der Waals surface area contributed by atoms with Gasteiger partial charge in [-0.25, -0.2) is 8.42 Å².